The Morgan fingerprint density at radius 3 is 2.88 bits per heavy atom. The Hall–Kier alpha value is -2.41. The van der Waals surface area contributed by atoms with Gasteiger partial charge < -0.3 is 15.4 Å². The van der Waals surface area contributed by atoms with Crippen molar-refractivity contribution in [1.82, 2.24) is 15.0 Å². The molecule has 0 bridgehead atoms. The molecule has 24 heavy (non-hydrogen) atoms. The van der Waals surface area contributed by atoms with E-state index in [1.807, 2.05) is 0 Å². The Morgan fingerprint density at radius 1 is 1.38 bits per heavy atom. The smallest absolute Gasteiger partial charge is 0.267 e. The molecule has 0 spiro atoms. The second-order valence-corrected chi connectivity index (χ2v) is 6.08. The highest BCUT2D eigenvalue weighted by Crippen LogP contribution is 2.27. The lowest BCUT2D eigenvalue weighted by Crippen LogP contribution is -2.36. The van der Waals surface area contributed by atoms with Gasteiger partial charge in [-0.25, -0.2) is 9.97 Å². The normalized spacial score (nSPS) is 15.3. The molecule has 0 aromatic carbocycles. The van der Waals surface area contributed by atoms with Gasteiger partial charge in [-0.1, -0.05) is 11.6 Å². The van der Waals surface area contributed by atoms with Gasteiger partial charge in [0, 0.05) is 25.4 Å². The molecule has 0 atom stereocenters. The van der Waals surface area contributed by atoms with Crippen molar-refractivity contribution >= 4 is 23.3 Å². The number of amides is 1. The van der Waals surface area contributed by atoms with Crippen molar-refractivity contribution in [2.45, 2.75) is 12.8 Å². The molecule has 3 heterocycles. The van der Waals surface area contributed by atoms with E-state index in [-0.39, 0.29) is 5.69 Å². The molecular formula is C16H18ClN5O2. The maximum atomic E-state index is 11.1. The van der Waals surface area contributed by atoms with Crippen LogP contribution in [0, 0.1) is 5.92 Å². The molecule has 1 fully saturated rings. The third kappa shape index (κ3) is 3.91. The van der Waals surface area contributed by atoms with E-state index >= 15 is 0 Å². The van der Waals surface area contributed by atoms with Crippen LogP contribution in [0.2, 0.25) is 5.02 Å². The molecule has 2 aromatic rings. The van der Waals surface area contributed by atoms with Gasteiger partial charge >= 0.3 is 0 Å². The summed E-state index contributed by atoms with van der Waals surface area (Å²) in [5.41, 5.74) is 5.43. The molecule has 1 saturated heterocycles. The summed E-state index contributed by atoms with van der Waals surface area (Å²) in [4.78, 5) is 25.4. The number of primary amides is 1. The van der Waals surface area contributed by atoms with Crippen molar-refractivity contribution in [1.29, 1.82) is 0 Å². The zero-order chi connectivity index (χ0) is 16.9. The van der Waals surface area contributed by atoms with Crippen molar-refractivity contribution in [3.8, 4) is 5.75 Å². The van der Waals surface area contributed by atoms with Gasteiger partial charge in [-0.05, 0) is 24.8 Å². The van der Waals surface area contributed by atoms with Crippen LogP contribution in [-0.2, 0) is 0 Å². The van der Waals surface area contributed by atoms with E-state index in [1.165, 1.54) is 12.5 Å². The summed E-state index contributed by atoms with van der Waals surface area (Å²) in [6.45, 7) is 2.33. The number of nitrogens with zero attached hydrogens (tertiary/aromatic N) is 4. The van der Waals surface area contributed by atoms with E-state index in [4.69, 9.17) is 22.1 Å². The Kier molecular flexibility index (Phi) is 5.10. The molecular weight excluding hydrogens is 330 g/mol. The summed E-state index contributed by atoms with van der Waals surface area (Å²) >= 11 is 6.14. The molecule has 2 aromatic heterocycles. The van der Waals surface area contributed by atoms with E-state index < -0.39 is 5.91 Å². The number of aromatic nitrogens is 3. The van der Waals surface area contributed by atoms with Crippen LogP contribution in [0.3, 0.4) is 0 Å². The first kappa shape index (κ1) is 16.4. The van der Waals surface area contributed by atoms with Gasteiger partial charge in [0.2, 0.25) is 0 Å². The average Bonchev–Trinajstić information content (AvgIpc) is 2.61. The number of rotatable bonds is 5. The number of halogens is 1. The second kappa shape index (κ2) is 7.44. The number of pyridine rings is 1. The lowest BCUT2D eigenvalue weighted by Gasteiger charge is -2.32. The summed E-state index contributed by atoms with van der Waals surface area (Å²) in [6, 6.07) is 3.29. The van der Waals surface area contributed by atoms with Crippen LogP contribution in [0.25, 0.3) is 0 Å². The van der Waals surface area contributed by atoms with Crippen LogP contribution >= 0.6 is 11.6 Å². The molecule has 0 saturated carbocycles. The number of hydrogen-bond donors (Lipinski definition) is 1. The Morgan fingerprint density at radius 2 is 2.17 bits per heavy atom. The van der Waals surface area contributed by atoms with Gasteiger partial charge in [0.05, 0.1) is 12.8 Å². The highest BCUT2D eigenvalue weighted by atomic mass is 35.5. The van der Waals surface area contributed by atoms with Crippen LogP contribution < -0.4 is 15.4 Å². The molecule has 126 valence electrons. The first-order chi connectivity index (χ1) is 11.6. The highest BCUT2D eigenvalue weighted by molar-refractivity contribution is 6.32. The molecule has 0 radical (unpaired) electrons. The van der Waals surface area contributed by atoms with Crippen LogP contribution in [-0.4, -0.2) is 40.6 Å². The van der Waals surface area contributed by atoms with E-state index in [1.54, 1.807) is 18.3 Å². The summed E-state index contributed by atoms with van der Waals surface area (Å²) in [7, 11) is 0. The Labute approximate surface area is 144 Å². The zero-order valence-corrected chi connectivity index (χ0v) is 13.8. The molecule has 0 aliphatic carbocycles. The second-order valence-electron chi connectivity index (χ2n) is 5.68. The monoisotopic (exact) mass is 347 g/mol. The molecule has 0 unspecified atom stereocenters. The third-order valence-corrected chi connectivity index (χ3v) is 4.30. The van der Waals surface area contributed by atoms with Crippen molar-refractivity contribution in [3.05, 3.63) is 41.6 Å². The number of carbonyl (C=O) groups excluding carboxylic acids is 1. The molecule has 8 heteroatoms. The topological polar surface area (TPSA) is 94.2 Å². The van der Waals surface area contributed by atoms with Gasteiger partial charge in [0.1, 0.15) is 22.8 Å². The fourth-order valence-electron chi connectivity index (χ4n) is 2.70. The highest BCUT2D eigenvalue weighted by Gasteiger charge is 2.22. The van der Waals surface area contributed by atoms with Crippen LogP contribution in [0.4, 0.5) is 5.82 Å². The number of carbonyl (C=O) groups is 1. The van der Waals surface area contributed by atoms with E-state index in [0.717, 1.165) is 31.7 Å². The van der Waals surface area contributed by atoms with Crippen molar-refractivity contribution in [3.63, 3.8) is 0 Å². The number of anilines is 1. The summed E-state index contributed by atoms with van der Waals surface area (Å²) < 4.78 is 5.78. The van der Waals surface area contributed by atoms with Crippen LogP contribution in [0.1, 0.15) is 23.3 Å². The lowest BCUT2D eigenvalue weighted by atomic mass is 9.98. The van der Waals surface area contributed by atoms with Crippen molar-refractivity contribution in [2.24, 2.45) is 11.7 Å². The van der Waals surface area contributed by atoms with Gasteiger partial charge in [-0.15, -0.1) is 0 Å². The fraction of sp³-hybridized carbons (Fsp3) is 0.375. The summed E-state index contributed by atoms with van der Waals surface area (Å²) in [5, 5.41) is 0.572. The van der Waals surface area contributed by atoms with Crippen LogP contribution in [0.15, 0.2) is 30.9 Å². The maximum Gasteiger partial charge on any atom is 0.267 e. The first-order valence-corrected chi connectivity index (χ1v) is 8.10. The van der Waals surface area contributed by atoms with E-state index in [2.05, 4.69) is 19.9 Å². The van der Waals surface area contributed by atoms with Gasteiger partial charge in [0.25, 0.3) is 5.91 Å². The fourth-order valence-corrected chi connectivity index (χ4v) is 2.92. The van der Waals surface area contributed by atoms with Gasteiger partial charge in [-0.3, -0.25) is 9.78 Å². The van der Waals surface area contributed by atoms with Gasteiger partial charge in [0.15, 0.2) is 5.82 Å². The number of ether oxygens (including phenoxy) is 1. The standard InChI is InChI=1S/C16H18ClN5O2/c17-13-8-19-10-21-16(13)22-5-2-11(3-6-22)9-24-12-1-4-20-14(7-12)15(18)23/h1,4,7-8,10-11H,2-3,5-6,9H2,(H2,18,23). The maximum absolute atomic E-state index is 11.1. The Balaban J connectivity index is 1.52. The largest absolute Gasteiger partial charge is 0.493 e. The summed E-state index contributed by atoms with van der Waals surface area (Å²) in [5.74, 6) is 1.27. The minimum atomic E-state index is -0.560. The summed E-state index contributed by atoms with van der Waals surface area (Å²) in [6.07, 6.45) is 6.60. The quantitative estimate of drug-likeness (QED) is 0.888. The molecule has 1 aliphatic rings. The van der Waals surface area contributed by atoms with Crippen LogP contribution in [0.5, 0.6) is 5.75 Å². The number of hydrogen-bond acceptors (Lipinski definition) is 6. The minimum Gasteiger partial charge on any atom is -0.493 e. The Bertz CT molecular complexity index is 719. The predicted octanol–water partition coefficient (Wildman–Crippen LogP) is 1.92. The SMILES string of the molecule is NC(=O)c1cc(OCC2CCN(c3ncncc3Cl)CC2)ccn1. The molecule has 2 N–H and O–H groups in total. The average molecular weight is 348 g/mol. The van der Waals surface area contributed by atoms with E-state index in [0.29, 0.717) is 23.3 Å². The van der Waals surface area contributed by atoms with E-state index in [9.17, 15) is 4.79 Å². The first-order valence-electron chi connectivity index (χ1n) is 7.72. The predicted molar refractivity (Wildman–Crippen MR) is 90.2 cm³/mol. The number of piperidine rings is 1. The van der Waals surface area contributed by atoms with Crippen molar-refractivity contribution in [2.75, 3.05) is 24.6 Å². The lowest BCUT2D eigenvalue weighted by molar-refractivity contribution is 0.0995. The van der Waals surface area contributed by atoms with Gasteiger partial charge in [-0.2, -0.15) is 0 Å². The zero-order valence-electron chi connectivity index (χ0n) is 13.1. The minimum absolute atomic E-state index is 0.209. The van der Waals surface area contributed by atoms with Crippen molar-refractivity contribution < 1.29 is 9.53 Å². The third-order valence-electron chi connectivity index (χ3n) is 4.03. The number of nitrogens with two attached hydrogens (primary N) is 1. The molecule has 3 rings (SSSR count). The molecule has 1 amide bonds. The molecule has 7 nitrogen and oxygen atoms in total. The molecule has 1 aliphatic heterocycles.